The van der Waals surface area contributed by atoms with Crippen molar-refractivity contribution in [2.45, 2.75) is 12.3 Å². The summed E-state index contributed by atoms with van der Waals surface area (Å²) in [4.78, 5) is 0. The molecule has 19 heavy (non-hydrogen) atoms. The van der Waals surface area contributed by atoms with Gasteiger partial charge in [-0.1, -0.05) is 6.07 Å². The topological polar surface area (TPSA) is 46.0 Å². The lowest BCUT2D eigenvalue weighted by Gasteiger charge is -2.14. The Balaban J connectivity index is 2.42. The van der Waals surface area contributed by atoms with Crippen molar-refractivity contribution < 1.29 is 22.7 Å². The molecule has 0 saturated carbocycles. The van der Waals surface area contributed by atoms with E-state index in [1.165, 1.54) is 18.5 Å². The first kappa shape index (κ1) is 13.4. The molecule has 0 fully saturated rings. The summed E-state index contributed by atoms with van der Waals surface area (Å²) in [5, 5.41) is 16.9. The van der Waals surface area contributed by atoms with Crippen LogP contribution in [0, 0.1) is 5.82 Å². The average molecular weight is 272 g/mol. The first-order valence-electron chi connectivity index (χ1n) is 5.21. The van der Waals surface area contributed by atoms with Gasteiger partial charge >= 0.3 is 6.18 Å². The van der Waals surface area contributed by atoms with E-state index in [2.05, 4.69) is 10.2 Å². The molecule has 2 aromatic rings. The molecule has 1 heterocycles. The molecule has 3 nitrogen and oxygen atoms in total. The Bertz CT molecular complexity index is 572. The summed E-state index contributed by atoms with van der Waals surface area (Å²) < 4.78 is 50.8. The molecule has 0 aliphatic rings. The van der Waals surface area contributed by atoms with Gasteiger partial charge in [0.2, 0.25) is 0 Å². The predicted octanol–water partition coefficient (Wildman–Crippen LogP) is 2.72. The zero-order valence-electron chi connectivity index (χ0n) is 9.39. The number of hydrogen-bond donors (Lipinski definition) is 1. The quantitative estimate of drug-likeness (QED) is 0.855. The number of alkyl halides is 3. The lowest BCUT2D eigenvalue weighted by atomic mass is 10.0. The van der Waals surface area contributed by atoms with Crippen molar-refractivity contribution in [1.82, 2.24) is 10.2 Å². The highest BCUT2D eigenvalue weighted by Gasteiger charge is 2.34. The molecular formula is C12H8F4N2O. The second-order valence-electron chi connectivity index (χ2n) is 3.82. The van der Waals surface area contributed by atoms with Gasteiger partial charge in [0.15, 0.2) is 0 Å². The average Bonchev–Trinajstić information content (AvgIpc) is 2.38. The van der Waals surface area contributed by atoms with Gasteiger partial charge in [0.25, 0.3) is 0 Å². The van der Waals surface area contributed by atoms with Crippen LogP contribution < -0.4 is 0 Å². The van der Waals surface area contributed by atoms with E-state index in [0.29, 0.717) is 12.1 Å². The van der Waals surface area contributed by atoms with Crippen molar-refractivity contribution in [2.75, 3.05) is 0 Å². The highest BCUT2D eigenvalue weighted by atomic mass is 19.4. The van der Waals surface area contributed by atoms with Gasteiger partial charge < -0.3 is 5.11 Å². The van der Waals surface area contributed by atoms with Crippen LogP contribution in [0.1, 0.15) is 22.8 Å². The summed E-state index contributed by atoms with van der Waals surface area (Å²) in [7, 11) is 0. The first-order valence-corrected chi connectivity index (χ1v) is 5.21. The normalized spacial score (nSPS) is 13.3. The van der Waals surface area contributed by atoms with E-state index < -0.39 is 23.7 Å². The van der Waals surface area contributed by atoms with Crippen LogP contribution >= 0.6 is 0 Å². The third kappa shape index (κ3) is 2.87. The summed E-state index contributed by atoms with van der Waals surface area (Å²) in [5.41, 5.74) is -1.21. The molecule has 1 aromatic carbocycles. The molecule has 0 aliphatic carbocycles. The number of rotatable bonds is 2. The Morgan fingerprint density at radius 3 is 2.37 bits per heavy atom. The third-order valence-corrected chi connectivity index (χ3v) is 2.53. The molecule has 0 aliphatic heterocycles. The second kappa shape index (κ2) is 4.93. The summed E-state index contributed by atoms with van der Waals surface area (Å²) >= 11 is 0. The number of aliphatic hydroxyl groups excluding tert-OH is 1. The van der Waals surface area contributed by atoms with E-state index in [4.69, 9.17) is 0 Å². The maximum Gasteiger partial charge on any atom is 0.419 e. The number of aliphatic hydroxyl groups is 1. The van der Waals surface area contributed by atoms with E-state index in [-0.39, 0.29) is 11.1 Å². The number of nitrogens with zero attached hydrogens (tertiary/aromatic N) is 2. The van der Waals surface area contributed by atoms with E-state index >= 15 is 0 Å². The van der Waals surface area contributed by atoms with Crippen LogP contribution in [0.4, 0.5) is 17.6 Å². The van der Waals surface area contributed by atoms with E-state index in [9.17, 15) is 22.7 Å². The molecule has 0 radical (unpaired) electrons. The Morgan fingerprint density at radius 1 is 1.05 bits per heavy atom. The molecule has 1 unspecified atom stereocenters. The number of aromatic nitrogens is 2. The maximum atomic E-state index is 13.1. The molecule has 2 rings (SSSR count). The fraction of sp³-hybridized carbons (Fsp3) is 0.167. The molecule has 1 N–H and O–H groups in total. The Hall–Kier alpha value is -2.02. The minimum atomic E-state index is -4.81. The molecule has 1 atom stereocenters. The van der Waals surface area contributed by atoms with Gasteiger partial charge in [-0.15, -0.1) is 0 Å². The largest absolute Gasteiger partial charge is 0.419 e. The van der Waals surface area contributed by atoms with Crippen LogP contribution in [-0.4, -0.2) is 15.3 Å². The predicted molar refractivity (Wildman–Crippen MR) is 57.5 cm³/mol. The van der Waals surface area contributed by atoms with Crippen LogP contribution in [0.2, 0.25) is 0 Å². The van der Waals surface area contributed by atoms with Crippen molar-refractivity contribution in [2.24, 2.45) is 0 Å². The lowest BCUT2D eigenvalue weighted by molar-refractivity contribution is -0.140. The fourth-order valence-corrected chi connectivity index (χ4v) is 1.59. The summed E-state index contributed by atoms with van der Waals surface area (Å²) in [5.74, 6) is -1.38. The highest BCUT2D eigenvalue weighted by Crippen LogP contribution is 2.33. The molecule has 0 amide bonds. The fourth-order valence-electron chi connectivity index (χ4n) is 1.59. The first-order chi connectivity index (χ1) is 8.89. The molecular weight excluding hydrogens is 264 g/mol. The zero-order valence-corrected chi connectivity index (χ0v) is 9.39. The molecule has 0 bridgehead atoms. The minimum absolute atomic E-state index is 0.0678. The molecule has 7 heteroatoms. The lowest BCUT2D eigenvalue weighted by Crippen LogP contribution is -2.10. The summed E-state index contributed by atoms with van der Waals surface area (Å²) in [6.07, 6.45) is -3.61. The van der Waals surface area contributed by atoms with Crippen molar-refractivity contribution in [3.05, 3.63) is 59.2 Å². The maximum absolute atomic E-state index is 13.1. The van der Waals surface area contributed by atoms with Crippen LogP contribution in [0.15, 0.2) is 36.7 Å². The minimum Gasteiger partial charge on any atom is -0.384 e. The highest BCUT2D eigenvalue weighted by molar-refractivity contribution is 5.33. The number of benzene rings is 1. The van der Waals surface area contributed by atoms with E-state index in [1.807, 2.05) is 0 Å². The van der Waals surface area contributed by atoms with Gasteiger partial charge in [0.05, 0.1) is 11.8 Å². The van der Waals surface area contributed by atoms with Crippen LogP contribution in [0.25, 0.3) is 0 Å². The zero-order chi connectivity index (χ0) is 14.0. The second-order valence-corrected chi connectivity index (χ2v) is 3.82. The van der Waals surface area contributed by atoms with Crippen molar-refractivity contribution in [3.63, 3.8) is 0 Å². The van der Waals surface area contributed by atoms with Crippen LogP contribution in [0.5, 0.6) is 0 Å². The number of hydrogen-bond acceptors (Lipinski definition) is 3. The van der Waals surface area contributed by atoms with Gasteiger partial charge in [-0.3, -0.25) is 0 Å². The SMILES string of the molecule is OC(c1ccnnc1)c1ccc(F)c(C(F)(F)F)c1. The van der Waals surface area contributed by atoms with Crippen LogP contribution in [0.3, 0.4) is 0 Å². The number of halogens is 4. The molecule has 100 valence electrons. The molecule has 0 saturated heterocycles. The van der Waals surface area contributed by atoms with Gasteiger partial charge in [-0.25, -0.2) is 4.39 Å². The van der Waals surface area contributed by atoms with Crippen LogP contribution in [-0.2, 0) is 6.18 Å². The molecule has 1 aromatic heterocycles. The molecule has 0 spiro atoms. The summed E-state index contributed by atoms with van der Waals surface area (Å²) in [6.45, 7) is 0. The van der Waals surface area contributed by atoms with Gasteiger partial charge in [-0.05, 0) is 23.8 Å². The van der Waals surface area contributed by atoms with Crippen molar-refractivity contribution >= 4 is 0 Å². The van der Waals surface area contributed by atoms with Gasteiger partial charge in [0.1, 0.15) is 11.9 Å². The smallest absolute Gasteiger partial charge is 0.384 e. The Labute approximate surface area is 105 Å². The van der Waals surface area contributed by atoms with Crippen molar-refractivity contribution in [3.8, 4) is 0 Å². The standard InChI is InChI=1S/C12H8F4N2O/c13-10-2-1-7(5-9(10)12(14,15)16)11(19)8-3-4-17-18-6-8/h1-6,11,19H. The third-order valence-electron chi connectivity index (χ3n) is 2.53. The Kier molecular flexibility index (Phi) is 3.48. The monoisotopic (exact) mass is 272 g/mol. The Morgan fingerprint density at radius 2 is 1.79 bits per heavy atom. The van der Waals surface area contributed by atoms with E-state index in [1.54, 1.807) is 0 Å². The van der Waals surface area contributed by atoms with Gasteiger partial charge in [0, 0.05) is 11.8 Å². The van der Waals surface area contributed by atoms with Crippen molar-refractivity contribution in [1.29, 1.82) is 0 Å². The van der Waals surface area contributed by atoms with E-state index in [0.717, 1.165) is 6.07 Å². The van der Waals surface area contributed by atoms with Gasteiger partial charge in [-0.2, -0.15) is 23.4 Å². The summed E-state index contributed by atoms with van der Waals surface area (Å²) in [6, 6.07) is 3.76.